The smallest absolute Gasteiger partial charge is 0.417 e. The van der Waals surface area contributed by atoms with Crippen LogP contribution in [0, 0.1) is 22.7 Å². The van der Waals surface area contributed by atoms with Crippen LogP contribution in [0.4, 0.5) is 18.9 Å². The van der Waals surface area contributed by atoms with Crippen LogP contribution >= 0.6 is 0 Å². The molecular weight excluding hydrogens is 415 g/mol. The molecule has 0 aliphatic carbocycles. The number of esters is 1. The lowest BCUT2D eigenvalue weighted by Gasteiger charge is -2.28. The third kappa shape index (κ3) is 5.97. The van der Waals surface area contributed by atoms with E-state index < -0.39 is 41.4 Å². The monoisotopic (exact) mass is 431 g/mol. The molecule has 0 aliphatic rings. The van der Waals surface area contributed by atoms with E-state index >= 15 is 0 Å². The van der Waals surface area contributed by atoms with Crippen molar-refractivity contribution in [3.8, 4) is 17.9 Å². The van der Waals surface area contributed by atoms with Crippen LogP contribution in [-0.4, -0.2) is 24.1 Å². The average molecular weight is 431 g/mol. The van der Waals surface area contributed by atoms with Gasteiger partial charge in [0, 0.05) is 12.6 Å². The Morgan fingerprint density at radius 1 is 1.06 bits per heavy atom. The van der Waals surface area contributed by atoms with Gasteiger partial charge in [-0.15, -0.1) is 0 Å². The van der Waals surface area contributed by atoms with Gasteiger partial charge in [-0.25, -0.2) is 0 Å². The fourth-order valence-electron chi connectivity index (χ4n) is 2.52. The second-order valence-corrected chi connectivity index (χ2v) is 6.57. The zero-order valence-electron chi connectivity index (χ0n) is 16.4. The van der Waals surface area contributed by atoms with E-state index in [-0.39, 0.29) is 11.4 Å². The highest BCUT2D eigenvalue weighted by molar-refractivity contribution is 5.98. The van der Waals surface area contributed by atoms with Crippen LogP contribution < -0.4 is 10.1 Å². The maximum absolute atomic E-state index is 13.1. The first kappa shape index (κ1) is 23.2. The molecule has 0 unspecified atom stereocenters. The second kappa shape index (κ2) is 9.18. The van der Waals surface area contributed by atoms with Crippen molar-refractivity contribution in [3.63, 3.8) is 0 Å². The highest BCUT2D eigenvalue weighted by Gasteiger charge is 2.39. The normalized spacial score (nSPS) is 12.6. The standard InChI is InChI=1S/C21H16F3N3O4/c1-13(28)31-20(2,12-30-17-7-3-14(10-25)4-8-17)19(29)27-16-6-5-15(11-26)18(9-16)21(22,23)24/h3-9H,12H2,1-2H3,(H,27,29)/t20-/m0/s1. The summed E-state index contributed by atoms with van der Waals surface area (Å²) >= 11 is 0. The fraction of sp³-hybridized carbons (Fsp3) is 0.238. The van der Waals surface area contributed by atoms with Crippen molar-refractivity contribution in [2.24, 2.45) is 0 Å². The number of nitrogens with zero attached hydrogens (tertiary/aromatic N) is 2. The Balaban J connectivity index is 2.25. The first-order valence-electron chi connectivity index (χ1n) is 8.74. The molecular formula is C21H16F3N3O4. The number of carbonyl (C=O) groups is 2. The Hall–Kier alpha value is -4.05. The van der Waals surface area contributed by atoms with Crippen molar-refractivity contribution in [2.45, 2.75) is 25.6 Å². The summed E-state index contributed by atoms with van der Waals surface area (Å²) < 4.78 is 50.0. The molecule has 160 valence electrons. The molecule has 0 aromatic heterocycles. The van der Waals surface area contributed by atoms with Crippen LogP contribution in [0.5, 0.6) is 5.75 Å². The minimum Gasteiger partial charge on any atom is -0.489 e. The molecule has 0 fully saturated rings. The summed E-state index contributed by atoms with van der Waals surface area (Å²) in [6.07, 6.45) is -4.80. The number of halogens is 3. The van der Waals surface area contributed by atoms with Gasteiger partial charge in [-0.2, -0.15) is 23.7 Å². The maximum atomic E-state index is 13.1. The minimum atomic E-state index is -4.80. The summed E-state index contributed by atoms with van der Waals surface area (Å²) in [4.78, 5) is 24.3. The van der Waals surface area contributed by atoms with E-state index in [0.717, 1.165) is 19.1 Å². The zero-order valence-corrected chi connectivity index (χ0v) is 16.4. The molecule has 1 amide bonds. The molecule has 0 bridgehead atoms. The molecule has 7 nitrogen and oxygen atoms in total. The van der Waals surface area contributed by atoms with Gasteiger partial charge in [0.1, 0.15) is 12.4 Å². The second-order valence-electron chi connectivity index (χ2n) is 6.57. The van der Waals surface area contributed by atoms with Crippen LogP contribution in [-0.2, 0) is 20.5 Å². The number of hydrogen-bond donors (Lipinski definition) is 1. The number of carbonyl (C=O) groups excluding carboxylic acids is 2. The third-order valence-corrected chi connectivity index (χ3v) is 4.05. The quantitative estimate of drug-likeness (QED) is 0.697. The topological polar surface area (TPSA) is 112 Å². The van der Waals surface area contributed by atoms with Crippen molar-refractivity contribution in [1.29, 1.82) is 10.5 Å². The molecule has 0 radical (unpaired) electrons. The van der Waals surface area contributed by atoms with Crippen molar-refractivity contribution < 1.29 is 32.2 Å². The fourth-order valence-corrected chi connectivity index (χ4v) is 2.52. The Kier molecular flexibility index (Phi) is 6.88. The molecule has 1 atom stereocenters. The summed E-state index contributed by atoms with van der Waals surface area (Å²) in [6.45, 7) is 1.85. The predicted molar refractivity (Wildman–Crippen MR) is 102 cm³/mol. The lowest BCUT2D eigenvalue weighted by Crippen LogP contribution is -2.48. The number of anilines is 1. The lowest BCUT2D eigenvalue weighted by atomic mass is 10.0. The van der Waals surface area contributed by atoms with Gasteiger partial charge in [0.15, 0.2) is 0 Å². The summed E-state index contributed by atoms with van der Waals surface area (Å²) in [5.41, 5.74) is -3.55. The Morgan fingerprint density at radius 2 is 1.71 bits per heavy atom. The van der Waals surface area contributed by atoms with E-state index in [0.29, 0.717) is 11.6 Å². The summed E-state index contributed by atoms with van der Waals surface area (Å²) in [5.74, 6) is -1.46. The molecule has 0 saturated heterocycles. The molecule has 10 heteroatoms. The van der Waals surface area contributed by atoms with E-state index in [4.69, 9.17) is 20.0 Å². The summed E-state index contributed by atoms with van der Waals surface area (Å²) in [5, 5.41) is 19.9. The maximum Gasteiger partial charge on any atom is 0.417 e. The van der Waals surface area contributed by atoms with Gasteiger partial charge in [-0.3, -0.25) is 9.59 Å². The van der Waals surface area contributed by atoms with Gasteiger partial charge in [0.25, 0.3) is 5.91 Å². The Morgan fingerprint density at radius 3 is 2.23 bits per heavy atom. The Labute approximate surface area is 175 Å². The van der Waals surface area contributed by atoms with Crippen molar-refractivity contribution in [1.82, 2.24) is 0 Å². The van der Waals surface area contributed by atoms with E-state index in [1.807, 2.05) is 6.07 Å². The van der Waals surface area contributed by atoms with E-state index in [1.165, 1.54) is 37.3 Å². The number of amides is 1. The molecule has 0 heterocycles. The lowest BCUT2D eigenvalue weighted by molar-refractivity contribution is -0.165. The molecule has 2 aromatic carbocycles. The van der Waals surface area contributed by atoms with Gasteiger partial charge >= 0.3 is 12.1 Å². The molecule has 2 rings (SSSR count). The first-order valence-corrected chi connectivity index (χ1v) is 8.74. The molecule has 0 aliphatic heterocycles. The SMILES string of the molecule is CC(=O)O[C@@](C)(COc1ccc(C#N)cc1)C(=O)Nc1ccc(C#N)c(C(F)(F)F)c1. The number of ether oxygens (including phenoxy) is 2. The van der Waals surface area contributed by atoms with Crippen molar-refractivity contribution in [2.75, 3.05) is 11.9 Å². The third-order valence-electron chi connectivity index (χ3n) is 4.05. The van der Waals surface area contributed by atoms with Gasteiger partial charge in [0.05, 0.1) is 28.8 Å². The Bertz CT molecular complexity index is 1070. The minimum absolute atomic E-state index is 0.243. The predicted octanol–water partition coefficient (Wildman–Crippen LogP) is 3.79. The van der Waals surface area contributed by atoms with Gasteiger partial charge in [-0.05, 0) is 49.4 Å². The zero-order chi connectivity index (χ0) is 23.2. The number of nitriles is 2. The van der Waals surface area contributed by atoms with Crippen molar-refractivity contribution >= 4 is 17.6 Å². The number of hydrogen-bond acceptors (Lipinski definition) is 6. The number of alkyl halides is 3. The average Bonchev–Trinajstić information content (AvgIpc) is 2.71. The largest absolute Gasteiger partial charge is 0.489 e. The number of benzene rings is 2. The first-order chi connectivity index (χ1) is 14.5. The molecule has 31 heavy (non-hydrogen) atoms. The van der Waals surface area contributed by atoms with Crippen LogP contribution in [0.2, 0.25) is 0 Å². The van der Waals surface area contributed by atoms with Gasteiger partial charge in [-0.1, -0.05) is 0 Å². The van der Waals surface area contributed by atoms with Crippen molar-refractivity contribution in [3.05, 3.63) is 59.2 Å². The number of nitrogens with one attached hydrogen (secondary N) is 1. The van der Waals surface area contributed by atoms with E-state index in [9.17, 15) is 22.8 Å². The van der Waals surface area contributed by atoms with E-state index in [1.54, 1.807) is 0 Å². The molecule has 2 aromatic rings. The summed E-state index contributed by atoms with van der Waals surface area (Å²) in [6, 6.07) is 12.0. The van der Waals surface area contributed by atoms with Crippen LogP contribution in [0.1, 0.15) is 30.5 Å². The van der Waals surface area contributed by atoms with Gasteiger partial charge < -0.3 is 14.8 Å². The summed E-state index contributed by atoms with van der Waals surface area (Å²) in [7, 11) is 0. The highest BCUT2D eigenvalue weighted by Crippen LogP contribution is 2.33. The van der Waals surface area contributed by atoms with Crippen LogP contribution in [0.15, 0.2) is 42.5 Å². The number of rotatable bonds is 6. The molecule has 1 N–H and O–H groups in total. The van der Waals surface area contributed by atoms with Gasteiger partial charge in [0.2, 0.25) is 5.60 Å². The van der Waals surface area contributed by atoms with Crippen LogP contribution in [0.25, 0.3) is 0 Å². The highest BCUT2D eigenvalue weighted by atomic mass is 19.4. The molecule has 0 saturated carbocycles. The van der Waals surface area contributed by atoms with E-state index in [2.05, 4.69) is 5.32 Å². The molecule has 0 spiro atoms. The van der Waals surface area contributed by atoms with Crippen LogP contribution in [0.3, 0.4) is 0 Å².